The van der Waals surface area contributed by atoms with Gasteiger partial charge in [-0.15, -0.1) is 0 Å². The van der Waals surface area contributed by atoms with Crippen LogP contribution in [0.3, 0.4) is 0 Å². The number of rotatable bonds is 6. The van der Waals surface area contributed by atoms with Crippen LogP contribution < -0.4 is 14.8 Å². The second-order valence-electron chi connectivity index (χ2n) is 6.76. The number of benzene rings is 2. The SMILES string of the molecule is COc1cc2c(cc1OC)CN(CCC(=O)Nc1ccc(Cl)cc1C)CC2. The Bertz CT molecular complexity index is 838. The van der Waals surface area contributed by atoms with Gasteiger partial charge < -0.3 is 14.8 Å². The maximum Gasteiger partial charge on any atom is 0.225 e. The monoisotopic (exact) mass is 388 g/mol. The molecule has 1 N–H and O–H groups in total. The van der Waals surface area contributed by atoms with Crippen LogP contribution in [0.15, 0.2) is 30.3 Å². The van der Waals surface area contributed by atoms with Crippen LogP contribution in [0.4, 0.5) is 5.69 Å². The van der Waals surface area contributed by atoms with Gasteiger partial charge in [0.1, 0.15) is 0 Å². The van der Waals surface area contributed by atoms with Crippen molar-refractivity contribution in [3.63, 3.8) is 0 Å². The number of nitrogens with zero attached hydrogens (tertiary/aromatic N) is 1. The first kappa shape index (κ1) is 19.5. The lowest BCUT2D eigenvalue weighted by Gasteiger charge is -2.29. The molecular weight excluding hydrogens is 364 g/mol. The van der Waals surface area contributed by atoms with Gasteiger partial charge in [0.25, 0.3) is 0 Å². The van der Waals surface area contributed by atoms with Crippen LogP contribution >= 0.6 is 11.6 Å². The van der Waals surface area contributed by atoms with Crippen molar-refractivity contribution >= 4 is 23.2 Å². The standard InChI is InChI=1S/C21H25ClN2O3/c1-14-10-17(22)4-5-18(14)23-21(25)7-9-24-8-6-15-11-19(26-2)20(27-3)12-16(15)13-24/h4-5,10-12H,6-9,13H2,1-3H3,(H,23,25). The highest BCUT2D eigenvalue weighted by Gasteiger charge is 2.20. The molecule has 2 aromatic carbocycles. The highest BCUT2D eigenvalue weighted by molar-refractivity contribution is 6.30. The molecular formula is C21H25ClN2O3. The lowest BCUT2D eigenvalue weighted by Crippen LogP contribution is -2.33. The predicted molar refractivity (Wildman–Crippen MR) is 108 cm³/mol. The van der Waals surface area contributed by atoms with E-state index in [1.807, 2.05) is 25.1 Å². The number of nitrogens with one attached hydrogen (secondary N) is 1. The molecule has 0 saturated heterocycles. The van der Waals surface area contributed by atoms with Gasteiger partial charge in [-0.25, -0.2) is 0 Å². The van der Waals surface area contributed by atoms with Crippen LogP contribution in [-0.2, 0) is 17.8 Å². The zero-order valence-electron chi connectivity index (χ0n) is 16.0. The van der Waals surface area contributed by atoms with Gasteiger partial charge in [-0.1, -0.05) is 11.6 Å². The molecule has 0 saturated carbocycles. The van der Waals surface area contributed by atoms with E-state index >= 15 is 0 Å². The van der Waals surface area contributed by atoms with Crippen LogP contribution in [0.5, 0.6) is 11.5 Å². The Labute approximate surface area is 165 Å². The number of aryl methyl sites for hydroxylation is 1. The van der Waals surface area contributed by atoms with Gasteiger partial charge in [0.2, 0.25) is 5.91 Å². The van der Waals surface area contributed by atoms with E-state index in [-0.39, 0.29) is 5.91 Å². The van der Waals surface area contributed by atoms with Crippen molar-refractivity contribution in [2.75, 3.05) is 32.6 Å². The Hall–Kier alpha value is -2.24. The third-order valence-electron chi connectivity index (χ3n) is 4.91. The lowest BCUT2D eigenvalue weighted by molar-refractivity contribution is -0.116. The van der Waals surface area contributed by atoms with E-state index in [2.05, 4.69) is 16.3 Å². The maximum atomic E-state index is 12.3. The van der Waals surface area contributed by atoms with E-state index in [1.165, 1.54) is 11.1 Å². The topological polar surface area (TPSA) is 50.8 Å². The van der Waals surface area contributed by atoms with Gasteiger partial charge in [0, 0.05) is 36.8 Å². The number of amides is 1. The molecule has 2 aromatic rings. The van der Waals surface area contributed by atoms with E-state index in [4.69, 9.17) is 21.1 Å². The fourth-order valence-corrected chi connectivity index (χ4v) is 3.60. The molecule has 0 aliphatic carbocycles. The molecule has 1 amide bonds. The number of hydrogen-bond donors (Lipinski definition) is 1. The molecule has 144 valence electrons. The average molecular weight is 389 g/mol. The molecule has 0 aromatic heterocycles. The Morgan fingerprint density at radius 1 is 1.15 bits per heavy atom. The van der Waals surface area contributed by atoms with E-state index in [9.17, 15) is 4.79 Å². The predicted octanol–water partition coefficient (Wildman–Crippen LogP) is 4.05. The summed E-state index contributed by atoms with van der Waals surface area (Å²) in [5, 5.41) is 3.64. The molecule has 1 aliphatic heterocycles. The van der Waals surface area contributed by atoms with Gasteiger partial charge in [0.15, 0.2) is 11.5 Å². The van der Waals surface area contributed by atoms with Gasteiger partial charge in [-0.2, -0.15) is 0 Å². The van der Waals surface area contributed by atoms with E-state index < -0.39 is 0 Å². The summed E-state index contributed by atoms with van der Waals surface area (Å²) in [4.78, 5) is 14.6. The third-order valence-corrected chi connectivity index (χ3v) is 5.15. The second kappa shape index (κ2) is 8.63. The van der Waals surface area contributed by atoms with E-state index in [0.29, 0.717) is 18.0 Å². The first-order valence-corrected chi connectivity index (χ1v) is 9.40. The number of anilines is 1. The molecule has 0 atom stereocenters. The average Bonchev–Trinajstić information content (AvgIpc) is 2.67. The normalized spacial score (nSPS) is 13.8. The number of halogens is 1. The summed E-state index contributed by atoms with van der Waals surface area (Å²) in [7, 11) is 3.30. The minimum atomic E-state index is 0.0125. The van der Waals surface area contributed by atoms with Crippen molar-refractivity contribution in [2.45, 2.75) is 26.3 Å². The summed E-state index contributed by atoms with van der Waals surface area (Å²) in [5.41, 5.74) is 4.28. The van der Waals surface area contributed by atoms with Crippen molar-refractivity contribution < 1.29 is 14.3 Å². The molecule has 0 spiro atoms. The van der Waals surface area contributed by atoms with Gasteiger partial charge in [-0.3, -0.25) is 9.69 Å². The Balaban J connectivity index is 1.57. The summed E-state index contributed by atoms with van der Waals surface area (Å²) < 4.78 is 10.8. The summed E-state index contributed by atoms with van der Waals surface area (Å²) in [6.07, 6.45) is 1.39. The molecule has 27 heavy (non-hydrogen) atoms. The van der Waals surface area contributed by atoms with Crippen molar-refractivity contribution in [3.8, 4) is 11.5 Å². The molecule has 0 bridgehead atoms. The molecule has 0 fully saturated rings. The van der Waals surface area contributed by atoms with Gasteiger partial charge in [-0.05, 0) is 60.4 Å². The van der Waals surface area contributed by atoms with Crippen molar-refractivity contribution in [2.24, 2.45) is 0 Å². The van der Waals surface area contributed by atoms with Crippen LogP contribution in [0.2, 0.25) is 5.02 Å². The summed E-state index contributed by atoms with van der Waals surface area (Å²) in [6.45, 7) is 4.38. The maximum absolute atomic E-state index is 12.3. The van der Waals surface area contributed by atoms with E-state index in [0.717, 1.165) is 42.3 Å². The zero-order valence-corrected chi connectivity index (χ0v) is 16.7. The summed E-state index contributed by atoms with van der Waals surface area (Å²) in [5.74, 6) is 1.52. The number of hydrogen-bond acceptors (Lipinski definition) is 4. The lowest BCUT2D eigenvalue weighted by atomic mass is 9.98. The number of ether oxygens (including phenoxy) is 2. The van der Waals surface area contributed by atoms with Crippen molar-refractivity contribution in [1.29, 1.82) is 0 Å². The van der Waals surface area contributed by atoms with Gasteiger partial charge >= 0.3 is 0 Å². The molecule has 0 unspecified atom stereocenters. The fourth-order valence-electron chi connectivity index (χ4n) is 3.37. The largest absolute Gasteiger partial charge is 0.493 e. The quantitative estimate of drug-likeness (QED) is 0.811. The van der Waals surface area contributed by atoms with Crippen LogP contribution in [0, 0.1) is 6.92 Å². The molecule has 5 nitrogen and oxygen atoms in total. The van der Waals surface area contributed by atoms with Crippen molar-refractivity contribution in [1.82, 2.24) is 4.90 Å². The van der Waals surface area contributed by atoms with Crippen molar-refractivity contribution in [3.05, 3.63) is 52.0 Å². The Morgan fingerprint density at radius 2 is 1.85 bits per heavy atom. The fraction of sp³-hybridized carbons (Fsp3) is 0.381. The summed E-state index contributed by atoms with van der Waals surface area (Å²) >= 11 is 5.96. The number of carbonyl (C=O) groups is 1. The van der Waals surface area contributed by atoms with Crippen LogP contribution in [-0.4, -0.2) is 38.1 Å². The first-order chi connectivity index (χ1) is 13.0. The molecule has 3 rings (SSSR count). The highest BCUT2D eigenvalue weighted by Crippen LogP contribution is 2.33. The molecule has 1 heterocycles. The highest BCUT2D eigenvalue weighted by atomic mass is 35.5. The second-order valence-corrected chi connectivity index (χ2v) is 7.20. The number of methoxy groups -OCH3 is 2. The Kier molecular flexibility index (Phi) is 6.24. The van der Waals surface area contributed by atoms with Crippen LogP contribution in [0.1, 0.15) is 23.1 Å². The Morgan fingerprint density at radius 3 is 2.52 bits per heavy atom. The minimum absolute atomic E-state index is 0.0125. The minimum Gasteiger partial charge on any atom is -0.493 e. The summed E-state index contributed by atoms with van der Waals surface area (Å²) in [6, 6.07) is 9.57. The number of fused-ring (bicyclic) bond motifs is 1. The zero-order chi connectivity index (χ0) is 19.4. The molecule has 6 heteroatoms. The third kappa shape index (κ3) is 4.73. The number of carbonyl (C=O) groups excluding carboxylic acids is 1. The smallest absolute Gasteiger partial charge is 0.225 e. The van der Waals surface area contributed by atoms with Crippen LogP contribution in [0.25, 0.3) is 0 Å². The first-order valence-electron chi connectivity index (χ1n) is 9.02. The molecule has 1 aliphatic rings. The van der Waals surface area contributed by atoms with E-state index in [1.54, 1.807) is 20.3 Å². The van der Waals surface area contributed by atoms with Gasteiger partial charge in [0.05, 0.1) is 14.2 Å². The molecule has 0 radical (unpaired) electrons.